The van der Waals surface area contributed by atoms with Crippen molar-refractivity contribution in [1.29, 1.82) is 0 Å². The van der Waals surface area contributed by atoms with E-state index in [-0.39, 0.29) is 5.69 Å². The van der Waals surface area contributed by atoms with Gasteiger partial charge in [0, 0.05) is 18.7 Å². The first-order valence-corrected chi connectivity index (χ1v) is 9.53. The summed E-state index contributed by atoms with van der Waals surface area (Å²) in [4.78, 5) is 25.1. The summed E-state index contributed by atoms with van der Waals surface area (Å²) in [7, 11) is 3.47. The number of fused-ring (bicyclic) bond motifs is 3. The Morgan fingerprint density at radius 3 is 2.67 bits per heavy atom. The molecular formula is C22H20N6O2. The van der Waals surface area contributed by atoms with Crippen LogP contribution in [0.2, 0.25) is 0 Å². The van der Waals surface area contributed by atoms with E-state index in [1.165, 1.54) is 0 Å². The maximum Gasteiger partial charge on any atom is 0.332 e. The number of aromatic amines is 1. The average molecular weight is 400 g/mol. The van der Waals surface area contributed by atoms with Gasteiger partial charge in [0.05, 0.1) is 35.7 Å². The Labute approximate surface area is 171 Å². The Balaban J connectivity index is 1.82. The minimum absolute atomic E-state index is 0.258. The van der Waals surface area contributed by atoms with Gasteiger partial charge in [0.1, 0.15) is 22.6 Å². The number of nitrogens with zero attached hydrogens (tertiary/aromatic N) is 5. The number of pyridine rings is 2. The summed E-state index contributed by atoms with van der Waals surface area (Å²) in [5, 5.41) is 4.38. The minimum atomic E-state index is -0.258. The summed E-state index contributed by atoms with van der Waals surface area (Å²) in [5.41, 5.74) is 5.97. The van der Waals surface area contributed by atoms with Crippen molar-refractivity contribution in [1.82, 2.24) is 29.3 Å². The van der Waals surface area contributed by atoms with Crippen LogP contribution < -0.4 is 10.4 Å². The van der Waals surface area contributed by atoms with Gasteiger partial charge in [-0.05, 0) is 37.6 Å². The van der Waals surface area contributed by atoms with Crippen molar-refractivity contribution in [3.8, 4) is 22.8 Å². The van der Waals surface area contributed by atoms with E-state index < -0.39 is 0 Å². The van der Waals surface area contributed by atoms with Gasteiger partial charge in [-0.3, -0.25) is 9.67 Å². The number of ether oxygens (including phenoxy) is 1. The van der Waals surface area contributed by atoms with Crippen molar-refractivity contribution < 1.29 is 4.74 Å². The maximum absolute atomic E-state index is 12.8. The van der Waals surface area contributed by atoms with Crippen molar-refractivity contribution in [3.05, 3.63) is 64.3 Å². The van der Waals surface area contributed by atoms with Crippen molar-refractivity contribution in [2.45, 2.75) is 13.8 Å². The lowest BCUT2D eigenvalue weighted by Gasteiger charge is -2.09. The normalized spacial score (nSPS) is 11.5. The summed E-state index contributed by atoms with van der Waals surface area (Å²) in [6.07, 6.45) is 1.66. The molecule has 0 fully saturated rings. The van der Waals surface area contributed by atoms with Gasteiger partial charge in [-0.15, -0.1) is 0 Å². The average Bonchev–Trinajstić information content (AvgIpc) is 3.25. The van der Waals surface area contributed by atoms with Gasteiger partial charge in [0.25, 0.3) is 0 Å². The molecule has 4 aromatic heterocycles. The molecule has 8 nitrogen and oxygen atoms in total. The first kappa shape index (κ1) is 18.1. The number of rotatable bonds is 3. The predicted molar refractivity (Wildman–Crippen MR) is 115 cm³/mol. The molecule has 0 aliphatic carbocycles. The molecule has 1 aromatic carbocycles. The number of hydrogen-bond donors (Lipinski definition) is 1. The molecule has 0 saturated carbocycles. The maximum atomic E-state index is 12.8. The van der Waals surface area contributed by atoms with E-state index in [0.29, 0.717) is 27.9 Å². The highest BCUT2D eigenvalue weighted by Gasteiger charge is 2.17. The molecule has 0 amide bonds. The first-order valence-electron chi connectivity index (χ1n) is 9.53. The zero-order valence-corrected chi connectivity index (χ0v) is 17.1. The number of hydrogen-bond acceptors (Lipinski definition) is 5. The van der Waals surface area contributed by atoms with Gasteiger partial charge >= 0.3 is 5.69 Å². The van der Waals surface area contributed by atoms with Gasteiger partial charge in [-0.2, -0.15) is 5.10 Å². The lowest BCUT2D eigenvalue weighted by molar-refractivity contribution is 0.412. The standard InChI is InChI=1S/C22H20N6O2/c1-12-5-6-14(10-18(12)30-4)15-7-8-16-20(24-15)21-17(11-23-16)25-22(29)28(21)19-9-13(2)26-27(19)3/h5-11H,1-4H3,(H,25,29). The van der Waals surface area contributed by atoms with Crippen LogP contribution in [0, 0.1) is 13.8 Å². The van der Waals surface area contributed by atoms with Crippen LogP contribution in [-0.4, -0.2) is 36.4 Å². The van der Waals surface area contributed by atoms with Crippen molar-refractivity contribution in [2.75, 3.05) is 7.11 Å². The van der Waals surface area contributed by atoms with E-state index in [1.807, 2.05) is 57.3 Å². The van der Waals surface area contributed by atoms with Crippen LogP contribution >= 0.6 is 0 Å². The van der Waals surface area contributed by atoms with E-state index >= 15 is 0 Å². The van der Waals surface area contributed by atoms with E-state index in [4.69, 9.17) is 9.72 Å². The van der Waals surface area contributed by atoms with Gasteiger partial charge in [-0.1, -0.05) is 12.1 Å². The molecule has 0 unspecified atom stereocenters. The second-order valence-corrected chi connectivity index (χ2v) is 7.30. The first-order chi connectivity index (χ1) is 14.5. The third-order valence-corrected chi connectivity index (χ3v) is 5.26. The van der Waals surface area contributed by atoms with Crippen molar-refractivity contribution in [2.24, 2.45) is 7.05 Å². The van der Waals surface area contributed by atoms with Crippen molar-refractivity contribution in [3.63, 3.8) is 0 Å². The summed E-state index contributed by atoms with van der Waals surface area (Å²) < 4.78 is 8.75. The molecule has 0 aliphatic rings. The molecule has 4 heterocycles. The Hall–Kier alpha value is -3.94. The predicted octanol–water partition coefficient (Wildman–Crippen LogP) is 3.29. The molecule has 5 rings (SSSR count). The number of methoxy groups -OCH3 is 1. The van der Waals surface area contributed by atoms with E-state index in [9.17, 15) is 4.79 Å². The van der Waals surface area contributed by atoms with E-state index in [0.717, 1.165) is 28.3 Å². The number of benzene rings is 1. The topological polar surface area (TPSA) is 90.6 Å². The molecule has 150 valence electrons. The van der Waals surface area contributed by atoms with Crippen LogP contribution in [0.4, 0.5) is 0 Å². The molecule has 0 saturated heterocycles. The fourth-order valence-corrected chi connectivity index (χ4v) is 3.81. The van der Waals surface area contributed by atoms with E-state index in [1.54, 1.807) is 22.6 Å². The van der Waals surface area contributed by atoms with Crippen LogP contribution in [-0.2, 0) is 7.05 Å². The Bertz CT molecular complexity index is 1490. The van der Waals surface area contributed by atoms with Crippen LogP contribution in [0.15, 0.2) is 47.4 Å². The summed E-state index contributed by atoms with van der Waals surface area (Å²) in [5.74, 6) is 1.47. The Kier molecular flexibility index (Phi) is 3.95. The molecular weight excluding hydrogens is 380 g/mol. The Morgan fingerprint density at radius 1 is 1.10 bits per heavy atom. The molecule has 0 spiro atoms. The zero-order valence-electron chi connectivity index (χ0n) is 17.1. The molecule has 0 radical (unpaired) electrons. The van der Waals surface area contributed by atoms with Gasteiger partial charge in [0.15, 0.2) is 0 Å². The fraction of sp³-hybridized carbons (Fsp3) is 0.182. The number of nitrogens with one attached hydrogen (secondary N) is 1. The smallest absolute Gasteiger partial charge is 0.332 e. The molecule has 0 bridgehead atoms. The fourth-order valence-electron chi connectivity index (χ4n) is 3.81. The molecule has 1 N–H and O–H groups in total. The second kappa shape index (κ2) is 6.55. The number of aryl methyl sites for hydroxylation is 3. The highest BCUT2D eigenvalue weighted by molar-refractivity contribution is 6.00. The van der Waals surface area contributed by atoms with Crippen LogP contribution in [0.3, 0.4) is 0 Å². The van der Waals surface area contributed by atoms with Crippen LogP contribution in [0.5, 0.6) is 5.75 Å². The lowest BCUT2D eigenvalue weighted by Crippen LogP contribution is -2.17. The third-order valence-electron chi connectivity index (χ3n) is 5.26. The highest BCUT2D eigenvalue weighted by atomic mass is 16.5. The molecule has 0 atom stereocenters. The summed E-state index contributed by atoms with van der Waals surface area (Å²) >= 11 is 0. The zero-order chi connectivity index (χ0) is 21.0. The Morgan fingerprint density at radius 2 is 1.93 bits per heavy atom. The third kappa shape index (κ3) is 2.68. The van der Waals surface area contributed by atoms with Crippen LogP contribution in [0.25, 0.3) is 39.1 Å². The lowest BCUT2D eigenvalue weighted by atomic mass is 10.1. The molecule has 0 aliphatic heterocycles. The van der Waals surface area contributed by atoms with Gasteiger partial charge in [-0.25, -0.2) is 14.3 Å². The minimum Gasteiger partial charge on any atom is -0.496 e. The van der Waals surface area contributed by atoms with E-state index in [2.05, 4.69) is 15.1 Å². The molecule has 5 aromatic rings. The summed E-state index contributed by atoms with van der Waals surface area (Å²) in [6.45, 7) is 3.89. The number of imidazole rings is 1. The van der Waals surface area contributed by atoms with Crippen molar-refractivity contribution >= 4 is 22.1 Å². The van der Waals surface area contributed by atoms with Crippen LogP contribution in [0.1, 0.15) is 11.3 Å². The quantitative estimate of drug-likeness (QED) is 0.502. The molecule has 30 heavy (non-hydrogen) atoms. The highest BCUT2D eigenvalue weighted by Crippen LogP contribution is 2.29. The number of aromatic nitrogens is 6. The number of H-pyrrole nitrogens is 1. The SMILES string of the molecule is COc1cc(-c2ccc3ncc4[nH]c(=O)n(-c5cc(C)nn5C)c4c3n2)ccc1C. The largest absolute Gasteiger partial charge is 0.496 e. The monoisotopic (exact) mass is 400 g/mol. The van der Waals surface area contributed by atoms with Gasteiger partial charge in [0.2, 0.25) is 0 Å². The van der Waals surface area contributed by atoms with Gasteiger partial charge < -0.3 is 9.72 Å². The molecule has 8 heteroatoms. The summed E-state index contributed by atoms with van der Waals surface area (Å²) in [6, 6.07) is 11.7. The second-order valence-electron chi connectivity index (χ2n) is 7.30.